The van der Waals surface area contributed by atoms with E-state index < -0.39 is 15.8 Å². The number of aromatic nitrogens is 2. The zero-order valence-electron chi connectivity index (χ0n) is 12.7. The number of hydrogen-bond acceptors (Lipinski definition) is 4. The van der Waals surface area contributed by atoms with Gasteiger partial charge in [-0.15, -0.1) is 0 Å². The second-order valence-corrected chi connectivity index (χ2v) is 7.51. The number of methoxy groups -OCH3 is 1. The van der Waals surface area contributed by atoms with Crippen molar-refractivity contribution in [3.63, 3.8) is 0 Å². The molecule has 1 aliphatic heterocycles. The summed E-state index contributed by atoms with van der Waals surface area (Å²) in [6.45, 7) is 1.53. The lowest BCUT2D eigenvalue weighted by molar-refractivity contribution is 0.135. The Bertz CT molecular complexity index is 791. The number of halogens is 1. The number of rotatable bonds is 4. The molecular weight excluding hydrogens is 321 g/mol. The Morgan fingerprint density at radius 1 is 1.39 bits per heavy atom. The van der Waals surface area contributed by atoms with E-state index in [1.54, 1.807) is 13.3 Å². The first-order chi connectivity index (χ1) is 11.0. The van der Waals surface area contributed by atoms with E-state index in [9.17, 15) is 12.8 Å². The fourth-order valence-corrected chi connectivity index (χ4v) is 4.31. The second-order valence-electron chi connectivity index (χ2n) is 5.57. The van der Waals surface area contributed by atoms with Gasteiger partial charge in [-0.1, -0.05) is 6.07 Å². The lowest BCUT2D eigenvalue weighted by Crippen LogP contribution is -2.35. The van der Waals surface area contributed by atoms with Crippen LogP contribution in [0.3, 0.4) is 0 Å². The van der Waals surface area contributed by atoms with Gasteiger partial charge in [0.2, 0.25) is 10.0 Å². The minimum Gasteiger partial charge on any atom is -0.384 e. The minimum absolute atomic E-state index is 0.00113. The number of benzene rings is 1. The molecule has 23 heavy (non-hydrogen) atoms. The highest BCUT2D eigenvalue weighted by molar-refractivity contribution is 7.89. The highest BCUT2D eigenvalue weighted by atomic mass is 32.2. The van der Waals surface area contributed by atoms with Crippen molar-refractivity contribution in [1.82, 2.24) is 13.9 Å². The molecular formula is C15H18FN3O3S. The van der Waals surface area contributed by atoms with Crippen LogP contribution in [0.2, 0.25) is 0 Å². The summed E-state index contributed by atoms with van der Waals surface area (Å²) in [5.41, 5.74) is 0. The Labute approximate surface area is 134 Å². The fourth-order valence-electron chi connectivity index (χ4n) is 2.80. The van der Waals surface area contributed by atoms with Crippen LogP contribution >= 0.6 is 0 Å². The summed E-state index contributed by atoms with van der Waals surface area (Å²) < 4.78 is 47.6. The molecule has 3 rings (SSSR count). The van der Waals surface area contributed by atoms with Crippen LogP contribution in [-0.4, -0.2) is 42.5 Å². The standard InChI is InChI=1S/C15H18FN3O3S/c1-22-11-12-8-18-6-5-17-15(18)10-19(9-12)23(20,21)14-4-2-3-13(16)7-14/h2-7,12H,8-11H2,1H3/t12-/m0/s1. The Kier molecular flexibility index (Phi) is 4.47. The number of ether oxygens (including phenoxy) is 1. The number of nitrogens with zero attached hydrogens (tertiary/aromatic N) is 3. The minimum atomic E-state index is -3.80. The molecule has 1 atom stereocenters. The summed E-state index contributed by atoms with van der Waals surface area (Å²) in [7, 11) is -2.21. The van der Waals surface area contributed by atoms with Crippen LogP contribution in [0.25, 0.3) is 0 Å². The normalized spacial score (nSPS) is 19.3. The number of fused-ring (bicyclic) bond motifs is 1. The van der Waals surface area contributed by atoms with Crippen LogP contribution in [0.5, 0.6) is 0 Å². The van der Waals surface area contributed by atoms with Gasteiger partial charge in [0, 0.05) is 38.5 Å². The molecule has 0 saturated heterocycles. The predicted molar refractivity (Wildman–Crippen MR) is 81.6 cm³/mol. The highest BCUT2D eigenvalue weighted by Gasteiger charge is 2.31. The van der Waals surface area contributed by atoms with Gasteiger partial charge in [-0.05, 0) is 18.2 Å². The highest BCUT2D eigenvalue weighted by Crippen LogP contribution is 2.23. The molecule has 0 unspecified atom stereocenters. The predicted octanol–water partition coefficient (Wildman–Crippen LogP) is 1.49. The third kappa shape index (κ3) is 3.29. The van der Waals surface area contributed by atoms with Crippen molar-refractivity contribution < 1.29 is 17.5 Å². The van der Waals surface area contributed by atoms with Crippen molar-refractivity contribution >= 4 is 10.0 Å². The van der Waals surface area contributed by atoms with Crippen LogP contribution in [-0.2, 0) is 27.8 Å². The first-order valence-corrected chi connectivity index (χ1v) is 8.69. The maximum atomic E-state index is 13.4. The summed E-state index contributed by atoms with van der Waals surface area (Å²) in [5, 5.41) is 0. The summed E-state index contributed by atoms with van der Waals surface area (Å²) in [5.74, 6) is 0.0956. The molecule has 0 aliphatic carbocycles. The van der Waals surface area contributed by atoms with Crippen LogP contribution in [0.4, 0.5) is 4.39 Å². The van der Waals surface area contributed by atoms with E-state index in [1.807, 2.05) is 10.8 Å². The number of sulfonamides is 1. The second kappa shape index (κ2) is 6.38. The summed E-state index contributed by atoms with van der Waals surface area (Å²) in [6.07, 6.45) is 3.48. The van der Waals surface area contributed by atoms with Gasteiger partial charge in [-0.25, -0.2) is 17.8 Å². The Balaban J connectivity index is 1.97. The molecule has 2 aromatic rings. The van der Waals surface area contributed by atoms with Crippen molar-refractivity contribution in [2.75, 3.05) is 20.3 Å². The summed E-state index contributed by atoms with van der Waals surface area (Å²) in [4.78, 5) is 4.18. The van der Waals surface area contributed by atoms with Gasteiger partial charge >= 0.3 is 0 Å². The maximum absolute atomic E-state index is 13.4. The maximum Gasteiger partial charge on any atom is 0.243 e. The molecule has 0 N–H and O–H groups in total. The number of hydrogen-bond donors (Lipinski definition) is 0. The fraction of sp³-hybridized carbons (Fsp3) is 0.400. The molecule has 124 valence electrons. The van der Waals surface area contributed by atoms with Crippen molar-refractivity contribution in [3.05, 3.63) is 48.3 Å². The molecule has 1 aromatic carbocycles. The first kappa shape index (κ1) is 16.1. The molecule has 0 bridgehead atoms. The lowest BCUT2D eigenvalue weighted by Gasteiger charge is -2.23. The van der Waals surface area contributed by atoms with Gasteiger partial charge in [-0.2, -0.15) is 4.31 Å². The third-order valence-electron chi connectivity index (χ3n) is 3.87. The van der Waals surface area contributed by atoms with Crippen LogP contribution in [0.1, 0.15) is 5.82 Å². The van der Waals surface area contributed by atoms with E-state index in [1.165, 1.54) is 22.5 Å². The van der Waals surface area contributed by atoms with E-state index in [4.69, 9.17) is 4.74 Å². The molecule has 0 amide bonds. The third-order valence-corrected chi connectivity index (χ3v) is 5.68. The van der Waals surface area contributed by atoms with Crippen LogP contribution in [0, 0.1) is 11.7 Å². The SMILES string of the molecule is COC[C@@H]1CN(S(=O)(=O)c2cccc(F)c2)Cc2nccn2C1. The van der Waals surface area contributed by atoms with E-state index in [2.05, 4.69) is 4.98 Å². The van der Waals surface area contributed by atoms with Crippen molar-refractivity contribution in [2.24, 2.45) is 5.92 Å². The van der Waals surface area contributed by atoms with Gasteiger partial charge in [0.05, 0.1) is 18.0 Å². The van der Waals surface area contributed by atoms with Gasteiger partial charge in [0.15, 0.2) is 0 Å². The quantitative estimate of drug-likeness (QED) is 0.847. The molecule has 0 fully saturated rings. The average molecular weight is 339 g/mol. The van der Waals surface area contributed by atoms with Crippen LogP contribution in [0.15, 0.2) is 41.6 Å². The monoisotopic (exact) mass is 339 g/mol. The molecule has 0 spiro atoms. The zero-order chi connectivity index (χ0) is 16.4. The van der Waals surface area contributed by atoms with Crippen molar-refractivity contribution in [1.29, 1.82) is 0 Å². The zero-order valence-corrected chi connectivity index (χ0v) is 13.5. The van der Waals surface area contributed by atoms with Gasteiger partial charge in [-0.3, -0.25) is 0 Å². The van der Waals surface area contributed by atoms with Gasteiger partial charge in [0.25, 0.3) is 0 Å². The van der Waals surface area contributed by atoms with Crippen molar-refractivity contribution in [2.45, 2.75) is 18.0 Å². The Morgan fingerprint density at radius 2 is 2.22 bits per heavy atom. The molecule has 1 aromatic heterocycles. The molecule has 2 heterocycles. The van der Waals surface area contributed by atoms with E-state index in [0.29, 0.717) is 25.5 Å². The summed E-state index contributed by atoms with van der Waals surface area (Å²) in [6, 6.07) is 5.06. The van der Waals surface area contributed by atoms with Gasteiger partial charge < -0.3 is 9.30 Å². The van der Waals surface area contributed by atoms with E-state index in [0.717, 1.165) is 6.07 Å². The molecule has 1 aliphatic rings. The Morgan fingerprint density at radius 3 is 2.96 bits per heavy atom. The van der Waals surface area contributed by atoms with Crippen LogP contribution < -0.4 is 0 Å². The van der Waals surface area contributed by atoms with Crippen molar-refractivity contribution in [3.8, 4) is 0 Å². The number of imidazole rings is 1. The first-order valence-electron chi connectivity index (χ1n) is 7.25. The summed E-state index contributed by atoms with van der Waals surface area (Å²) >= 11 is 0. The average Bonchev–Trinajstić information content (AvgIpc) is 2.86. The molecule has 0 radical (unpaired) electrons. The topological polar surface area (TPSA) is 64.4 Å². The molecule has 6 nitrogen and oxygen atoms in total. The van der Waals surface area contributed by atoms with E-state index in [-0.39, 0.29) is 17.4 Å². The largest absolute Gasteiger partial charge is 0.384 e. The Hall–Kier alpha value is -1.77. The van der Waals surface area contributed by atoms with Gasteiger partial charge in [0.1, 0.15) is 11.6 Å². The smallest absolute Gasteiger partial charge is 0.243 e. The molecule has 8 heteroatoms. The lowest BCUT2D eigenvalue weighted by atomic mass is 10.1. The molecule has 0 saturated carbocycles. The van der Waals surface area contributed by atoms with E-state index >= 15 is 0 Å².